The van der Waals surface area contributed by atoms with Crippen molar-refractivity contribution in [1.29, 1.82) is 0 Å². The van der Waals surface area contributed by atoms with E-state index in [2.05, 4.69) is 34.5 Å². The molecule has 0 amide bonds. The lowest BCUT2D eigenvalue weighted by molar-refractivity contribution is 0.852. The van der Waals surface area contributed by atoms with Crippen molar-refractivity contribution in [2.24, 2.45) is 0 Å². The van der Waals surface area contributed by atoms with Gasteiger partial charge in [0.05, 0.1) is 6.04 Å². The molecule has 19 heavy (non-hydrogen) atoms. The minimum absolute atomic E-state index is 0.180. The van der Waals surface area contributed by atoms with E-state index in [4.69, 9.17) is 0 Å². The van der Waals surface area contributed by atoms with Crippen LogP contribution in [0, 0.1) is 6.92 Å². The molecule has 1 unspecified atom stereocenters. The molecule has 0 spiro atoms. The zero-order chi connectivity index (χ0) is 13.2. The summed E-state index contributed by atoms with van der Waals surface area (Å²) in [6.45, 7) is 4.15. The average Bonchev–Trinajstić information content (AvgIpc) is 2.81. The number of hydrogen-bond acceptors (Lipinski definition) is 3. The molecule has 0 fully saturated rings. The molecule has 3 aromatic rings. The Morgan fingerprint density at radius 2 is 1.95 bits per heavy atom. The van der Waals surface area contributed by atoms with Gasteiger partial charge in [0.1, 0.15) is 0 Å². The second-order valence-electron chi connectivity index (χ2n) is 4.72. The molecule has 2 heterocycles. The Morgan fingerprint density at radius 3 is 2.74 bits per heavy atom. The third kappa shape index (κ3) is 2.42. The quantitative estimate of drug-likeness (QED) is 0.778. The molecule has 2 aromatic heterocycles. The van der Waals surface area contributed by atoms with Crippen molar-refractivity contribution in [2.75, 3.05) is 5.32 Å². The van der Waals surface area contributed by atoms with Crippen molar-refractivity contribution in [3.8, 4) is 0 Å². The number of hydrogen-bond donors (Lipinski definition) is 1. The predicted molar refractivity (Wildman–Crippen MR) is 76.2 cm³/mol. The van der Waals surface area contributed by atoms with Gasteiger partial charge in [-0.25, -0.2) is 4.52 Å². The molecule has 0 saturated carbocycles. The number of nitrogens with zero attached hydrogens (tertiary/aromatic N) is 3. The van der Waals surface area contributed by atoms with Crippen LogP contribution < -0.4 is 5.32 Å². The zero-order valence-corrected chi connectivity index (χ0v) is 11.0. The van der Waals surface area contributed by atoms with Crippen molar-refractivity contribution in [3.63, 3.8) is 0 Å². The van der Waals surface area contributed by atoms with Gasteiger partial charge in [0.2, 0.25) is 5.95 Å². The summed E-state index contributed by atoms with van der Waals surface area (Å²) in [5.74, 6) is 0.655. The van der Waals surface area contributed by atoms with Gasteiger partial charge in [-0.15, -0.1) is 5.10 Å². The number of benzene rings is 1. The van der Waals surface area contributed by atoms with E-state index in [0.29, 0.717) is 5.95 Å². The number of aryl methyl sites for hydroxylation is 1. The topological polar surface area (TPSA) is 42.2 Å². The maximum absolute atomic E-state index is 4.48. The summed E-state index contributed by atoms with van der Waals surface area (Å²) >= 11 is 0. The van der Waals surface area contributed by atoms with E-state index in [0.717, 1.165) is 5.65 Å². The molecular weight excluding hydrogens is 236 g/mol. The fraction of sp³-hybridized carbons (Fsp3) is 0.200. The third-order valence-corrected chi connectivity index (χ3v) is 3.14. The minimum Gasteiger partial charge on any atom is -0.346 e. The molecule has 0 aliphatic heterocycles. The fourth-order valence-corrected chi connectivity index (χ4v) is 2.06. The van der Waals surface area contributed by atoms with E-state index in [1.165, 1.54) is 11.1 Å². The van der Waals surface area contributed by atoms with Crippen LogP contribution in [0.25, 0.3) is 5.65 Å². The van der Waals surface area contributed by atoms with Crippen LogP contribution in [0.2, 0.25) is 0 Å². The van der Waals surface area contributed by atoms with Crippen molar-refractivity contribution in [3.05, 3.63) is 59.8 Å². The largest absolute Gasteiger partial charge is 0.346 e. The van der Waals surface area contributed by atoms with Crippen molar-refractivity contribution in [2.45, 2.75) is 19.9 Å². The summed E-state index contributed by atoms with van der Waals surface area (Å²) in [6.07, 6.45) is 1.93. The highest BCUT2D eigenvalue weighted by Crippen LogP contribution is 2.17. The lowest BCUT2D eigenvalue weighted by atomic mass is 10.1. The van der Waals surface area contributed by atoms with E-state index < -0.39 is 0 Å². The molecule has 96 valence electrons. The minimum atomic E-state index is 0.180. The Hall–Kier alpha value is -2.36. The van der Waals surface area contributed by atoms with Crippen LogP contribution in [0.5, 0.6) is 0 Å². The first kappa shape index (κ1) is 11.7. The van der Waals surface area contributed by atoms with Gasteiger partial charge < -0.3 is 5.32 Å². The van der Waals surface area contributed by atoms with Gasteiger partial charge in [0.25, 0.3) is 0 Å². The summed E-state index contributed by atoms with van der Waals surface area (Å²) in [7, 11) is 0. The number of anilines is 1. The summed E-state index contributed by atoms with van der Waals surface area (Å²) < 4.78 is 1.78. The van der Waals surface area contributed by atoms with Gasteiger partial charge >= 0.3 is 0 Å². The van der Waals surface area contributed by atoms with Gasteiger partial charge in [0, 0.05) is 6.20 Å². The normalized spacial score (nSPS) is 12.5. The van der Waals surface area contributed by atoms with Crippen molar-refractivity contribution >= 4 is 11.6 Å². The molecule has 4 nitrogen and oxygen atoms in total. The van der Waals surface area contributed by atoms with Crippen LogP contribution >= 0.6 is 0 Å². The molecule has 1 aromatic carbocycles. The summed E-state index contributed by atoms with van der Waals surface area (Å²) in [4.78, 5) is 4.48. The molecule has 0 saturated heterocycles. The van der Waals surface area contributed by atoms with Crippen LogP contribution in [0.3, 0.4) is 0 Å². The average molecular weight is 252 g/mol. The molecule has 4 heteroatoms. The number of aromatic nitrogens is 3. The summed E-state index contributed by atoms with van der Waals surface area (Å²) in [5.41, 5.74) is 3.27. The van der Waals surface area contributed by atoms with Gasteiger partial charge in [-0.1, -0.05) is 30.3 Å². The maximum atomic E-state index is 4.48. The van der Waals surface area contributed by atoms with E-state index in [1.54, 1.807) is 4.52 Å². The van der Waals surface area contributed by atoms with Crippen LogP contribution in [-0.2, 0) is 0 Å². The number of pyridine rings is 1. The van der Waals surface area contributed by atoms with Crippen LogP contribution in [0.1, 0.15) is 24.1 Å². The Labute approximate surface area is 112 Å². The van der Waals surface area contributed by atoms with Gasteiger partial charge in [0.15, 0.2) is 5.65 Å². The molecule has 1 atom stereocenters. The molecule has 3 rings (SSSR count). The predicted octanol–water partition coefficient (Wildman–Crippen LogP) is 3.21. The monoisotopic (exact) mass is 252 g/mol. The number of rotatable bonds is 3. The first-order chi connectivity index (χ1) is 9.22. The second-order valence-corrected chi connectivity index (χ2v) is 4.72. The SMILES string of the molecule is Cc1ccn2nc(NC(C)c3ccccc3)nc2c1. The number of nitrogens with one attached hydrogen (secondary N) is 1. The number of fused-ring (bicyclic) bond motifs is 1. The first-order valence-corrected chi connectivity index (χ1v) is 6.37. The van der Waals surface area contributed by atoms with Gasteiger partial charge in [-0.3, -0.25) is 0 Å². The summed E-state index contributed by atoms with van der Waals surface area (Å²) in [6, 6.07) is 14.5. The summed E-state index contributed by atoms with van der Waals surface area (Å²) in [5, 5.41) is 7.74. The van der Waals surface area contributed by atoms with Crippen molar-refractivity contribution < 1.29 is 0 Å². The van der Waals surface area contributed by atoms with E-state index in [1.807, 2.05) is 43.5 Å². The third-order valence-electron chi connectivity index (χ3n) is 3.14. The molecule has 0 radical (unpaired) electrons. The zero-order valence-electron chi connectivity index (χ0n) is 11.0. The van der Waals surface area contributed by atoms with Gasteiger partial charge in [-0.05, 0) is 37.1 Å². The van der Waals surface area contributed by atoms with Crippen LogP contribution in [-0.4, -0.2) is 14.6 Å². The first-order valence-electron chi connectivity index (χ1n) is 6.37. The maximum Gasteiger partial charge on any atom is 0.243 e. The van der Waals surface area contributed by atoms with Crippen LogP contribution in [0.4, 0.5) is 5.95 Å². The second kappa shape index (κ2) is 4.72. The van der Waals surface area contributed by atoms with Crippen molar-refractivity contribution in [1.82, 2.24) is 14.6 Å². The standard InChI is InChI=1S/C15H16N4/c1-11-8-9-19-14(10-11)17-15(18-19)16-12(2)13-6-4-3-5-7-13/h3-10,12H,1-2H3,(H,16,18). The highest BCUT2D eigenvalue weighted by molar-refractivity contribution is 5.46. The molecular formula is C15H16N4. The van der Waals surface area contributed by atoms with E-state index in [9.17, 15) is 0 Å². The highest BCUT2D eigenvalue weighted by atomic mass is 15.3. The highest BCUT2D eigenvalue weighted by Gasteiger charge is 2.08. The molecule has 0 aliphatic carbocycles. The molecule has 0 bridgehead atoms. The molecule has 0 aliphatic rings. The Morgan fingerprint density at radius 1 is 1.16 bits per heavy atom. The Kier molecular flexibility index (Phi) is 2.91. The fourth-order valence-electron chi connectivity index (χ4n) is 2.06. The van der Waals surface area contributed by atoms with Gasteiger partial charge in [-0.2, -0.15) is 4.98 Å². The van der Waals surface area contributed by atoms with E-state index in [-0.39, 0.29) is 6.04 Å². The molecule has 1 N–H and O–H groups in total. The smallest absolute Gasteiger partial charge is 0.243 e. The lowest BCUT2D eigenvalue weighted by Gasteiger charge is -2.11. The van der Waals surface area contributed by atoms with E-state index >= 15 is 0 Å². The lowest BCUT2D eigenvalue weighted by Crippen LogP contribution is -2.07. The Balaban J connectivity index is 1.85. The Bertz CT molecular complexity index is 688. The van der Waals surface area contributed by atoms with Crippen LogP contribution in [0.15, 0.2) is 48.7 Å².